The summed E-state index contributed by atoms with van der Waals surface area (Å²) in [7, 11) is 0. The largest absolute Gasteiger partial charge is 0.392 e. The van der Waals surface area contributed by atoms with Gasteiger partial charge in [-0.25, -0.2) is 0 Å². The summed E-state index contributed by atoms with van der Waals surface area (Å²) >= 11 is 1.00. The third-order valence-electron chi connectivity index (χ3n) is 0.864. The van der Waals surface area contributed by atoms with E-state index in [4.69, 9.17) is 5.11 Å². The molecule has 44 valence electrons. The van der Waals surface area contributed by atoms with Gasteiger partial charge in [-0.3, -0.25) is 0 Å². The fraction of sp³-hybridized carbons (Fsp3) is 0.200. The summed E-state index contributed by atoms with van der Waals surface area (Å²) in [6.45, 7) is -0.199. The molecule has 1 heterocycles. The lowest BCUT2D eigenvalue weighted by atomic mass is 10.4. The van der Waals surface area contributed by atoms with Crippen molar-refractivity contribution in [3.63, 3.8) is 0 Å². The molecule has 0 bridgehead atoms. The van der Waals surface area contributed by atoms with E-state index in [9.17, 15) is 4.39 Å². The molecule has 0 aliphatic rings. The molecule has 0 saturated heterocycles. The van der Waals surface area contributed by atoms with E-state index in [2.05, 4.69) is 0 Å². The van der Waals surface area contributed by atoms with Crippen LogP contribution in [-0.4, -0.2) is 5.11 Å². The van der Waals surface area contributed by atoms with Gasteiger partial charge in [-0.1, -0.05) is 0 Å². The normalized spacial score (nSPS) is 9.75. The predicted molar refractivity (Wildman–Crippen MR) is 30.2 cm³/mol. The number of thiophene rings is 1. The summed E-state index contributed by atoms with van der Waals surface area (Å²) in [5.74, 6) is 0. The van der Waals surface area contributed by atoms with E-state index in [1.807, 2.05) is 0 Å². The molecule has 0 saturated carbocycles. The van der Waals surface area contributed by atoms with Crippen LogP contribution in [0.4, 0.5) is 4.39 Å². The minimum Gasteiger partial charge on any atom is -0.392 e. The van der Waals surface area contributed by atoms with E-state index in [0.29, 0.717) is 5.56 Å². The maximum atomic E-state index is 12.2. The van der Waals surface area contributed by atoms with Crippen LogP contribution in [0.25, 0.3) is 0 Å². The monoisotopic (exact) mass is 132 g/mol. The quantitative estimate of drug-likeness (QED) is 0.612. The van der Waals surface area contributed by atoms with Gasteiger partial charge in [0.25, 0.3) is 0 Å². The lowest BCUT2D eigenvalue weighted by Crippen LogP contribution is -1.79. The Bertz CT molecular complexity index is 173. The smallest absolute Gasteiger partial charge is 0.181 e. The number of aliphatic hydroxyl groups excluding tert-OH is 1. The molecule has 0 unspecified atom stereocenters. The molecule has 0 radical (unpaired) electrons. The van der Waals surface area contributed by atoms with Crippen molar-refractivity contribution in [2.24, 2.45) is 0 Å². The third-order valence-corrected chi connectivity index (χ3v) is 1.60. The molecule has 0 aliphatic carbocycles. The lowest BCUT2D eigenvalue weighted by molar-refractivity contribution is 0.277. The highest BCUT2D eigenvalue weighted by atomic mass is 32.1. The highest BCUT2D eigenvalue weighted by molar-refractivity contribution is 7.08. The van der Waals surface area contributed by atoms with E-state index in [1.165, 1.54) is 0 Å². The Labute approximate surface area is 50.4 Å². The number of halogens is 1. The van der Waals surface area contributed by atoms with Crippen LogP contribution in [-0.2, 0) is 6.61 Å². The Morgan fingerprint density at radius 2 is 2.50 bits per heavy atom. The molecule has 1 rings (SSSR count). The van der Waals surface area contributed by atoms with Crippen LogP contribution in [0.1, 0.15) is 5.56 Å². The van der Waals surface area contributed by atoms with Gasteiger partial charge < -0.3 is 5.11 Å². The first-order valence-corrected chi connectivity index (χ1v) is 3.05. The van der Waals surface area contributed by atoms with E-state index < -0.39 is 0 Å². The van der Waals surface area contributed by atoms with Crippen molar-refractivity contribution < 1.29 is 9.50 Å². The van der Waals surface area contributed by atoms with Crippen molar-refractivity contribution in [2.45, 2.75) is 6.61 Å². The Morgan fingerprint density at radius 3 is 2.75 bits per heavy atom. The molecule has 3 heteroatoms. The molecule has 0 spiro atoms. The van der Waals surface area contributed by atoms with Gasteiger partial charge in [-0.15, -0.1) is 11.3 Å². The van der Waals surface area contributed by atoms with Crippen LogP contribution in [0.2, 0.25) is 0 Å². The van der Waals surface area contributed by atoms with Gasteiger partial charge in [-0.2, -0.15) is 4.39 Å². The number of rotatable bonds is 1. The highest BCUT2D eigenvalue weighted by Gasteiger charge is 1.98. The van der Waals surface area contributed by atoms with Crippen molar-refractivity contribution in [3.8, 4) is 0 Å². The second-order valence-electron chi connectivity index (χ2n) is 1.38. The second kappa shape index (κ2) is 2.24. The molecule has 0 fully saturated rings. The lowest BCUT2D eigenvalue weighted by Gasteiger charge is -1.83. The van der Waals surface area contributed by atoms with Crippen LogP contribution < -0.4 is 0 Å². The average molecular weight is 132 g/mol. The molecule has 0 amide bonds. The van der Waals surface area contributed by atoms with Gasteiger partial charge in [0, 0.05) is 5.56 Å². The van der Waals surface area contributed by atoms with Gasteiger partial charge in [0.1, 0.15) is 0 Å². The van der Waals surface area contributed by atoms with E-state index >= 15 is 0 Å². The van der Waals surface area contributed by atoms with E-state index in [-0.39, 0.29) is 11.7 Å². The van der Waals surface area contributed by atoms with E-state index in [0.717, 1.165) is 11.3 Å². The van der Waals surface area contributed by atoms with Gasteiger partial charge in [0.15, 0.2) is 5.13 Å². The number of aliphatic hydroxyl groups is 1. The fourth-order valence-electron chi connectivity index (χ4n) is 0.432. The first-order valence-electron chi connectivity index (χ1n) is 2.17. The van der Waals surface area contributed by atoms with Crippen molar-refractivity contribution in [1.82, 2.24) is 0 Å². The van der Waals surface area contributed by atoms with Gasteiger partial charge in [-0.05, 0) is 11.4 Å². The molecule has 1 N–H and O–H groups in total. The van der Waals surface area contributed by atoms with Crippen molar-refractivity contribution >= 4 is 11.3 Å². The molecule has 0 aromatic carbocycles. The molecule has 1 aromatic rings. The highest BCUT2D eigenvalue weighted by Crippen LogP contribution is 2.12. The zero-order chi connectivity index (χ0) is 5.98. The molecule has 1 nitrogen and oxygen atoms in total. The molecule has 8 heavy (non-hydrogen) atoms. The topological polar surface area (TPSA) is 20.2 Å². The fourth-order valence-corrected chi connectivity index (χ4v) is 1.07. The Morgan fingerprint density at radius 1 is 1.75 bits per heavy atom. The first kappa shape index (κ1) is 5.72. The predicted octanol–water partition coefficient (Wildman–Crippen LogP) is 1.38. The standard InChI is InChI=1S/C5H5FOS/c6-5-4(3-7)1-2-8-5/h1-2,7H,3H2. The number of hydrogen-bond donors (Lipinski definition) is 1. The third kappa shape index (κ3) is 0.877. The zero-order valence-electron chi connectivity index (χ0n) is 4.10. The summed E-state index contributed by atoms with van der Waals surface area (Å²) in [5.41, 5.74) is 0.384. The SMILES string of the molecule is OCc1ccsc1F. The summed E-state index contributed by atoms with van der Waals surface area (Å²) < 4.78 is 12.2. The maximum absolute atomic E-state index is 12.2. The zero-order valence-corrected chi connectivity index (χ0v) is 4.91. The maximum Gasteiger partial charge on any atom is 0.181 e. The second-order valence-corrected chi connectivity index (χ2v) is 2.24. The van der Waals surface area contributed by atoms with Crippen LogP contribution in [0.15, 0.2) is 11.4 Å². The van der Waals surface area contributed by atoms with Crippen LogP contribution >= 0.6 is 11.3 Å². The van der Waals surface area contributed by atoms with Gasteiger partial charge in [0.05, 0.1) is 6.61 Å². The number of hydrogen-bond acceptors (Lipinski definition) is 2. The van der Waals surface area contributed by atoms with Gasteiger partial charge in [0.2, 0.25) is 0 Å². The summed E-state index contributed by atoms with van der Waals surface area (Å²) in [5, 5.41) is 9.70. The van der Waals surface area contributed by atoms with E-state index in [1.54, 1.807) is 11.4 Å². The molecule has 0 aliphatic heterocycles. The van der Waals surface area contributed by atoms with Crippen LogP contribution in [0, 0.1) is 5.13 Å². The summed E-state index contributed by atoms with van der Waals surface area (Å²) in [4.78, 5) is 0. The van der Waals surface area contributed by atoms with Crippen LogP contribution in [0.3, 0.4) is 0 Å². The Hall–Kier alpha value is -0.410. The van der Waals surface area contributed by atoms with Gasteiger partial charge >= 0.3 is 0 Å². The molecular weight excluding hydrogens is 127 g/mol. The summed E-state index contributed by atoms with van der Waals surface area (Å²) in [6.07, 6.45) is 0. The molecule has 0 atom stereocenters. The minimum absolute atomic E-state index is 0.199. The molecular formula is C5H5FOS. The average Bonchev–Trinajstić information content (AvgIpc) is 2.14. The van der Waals surface area contributed by atoms with Crippen LogP contribution in [0.5, 0.6) is 0 Å². The Balaban J connectivity index is 2.92. The first-order chi connectivity index (χ1) is 3.84. The van der Waals surface area contributed by atoms with Crippen molar-refractivity contribution in [3.05, 3.63) is 22.1 Å². The van der Waals surface area contributed by atoms with Crippen molar-refractivity contribution in [1.29, 1.82) is 0 Å². The minimum atomic E-state index is -0.285. The molecule has 1 aromatic heterocycles. The van der Waals surface area contributed by atoms with Crippen molar-refractivity contribution in [2.75, 3.05) is 0 Å². The Kier molecular flexibility index (Phi) is 1.60. The summed E-state index contributed by atoms with van der Waals surface area (Å²) in [6, 6.07) is 1.57.